The summed E-state index contributed by atoms with van der Waals surface area (Å²) < 4.78 is 6.04. The Morgan fingerprint density at radius 2 is 1.42 bits per heavy atom. The van der Waals surface area contributed by atoms with E-state index in [0.29, 0.717) is 11.8 Å². The number of rotatable bonds is 7. The van der Waals surface area contributed by atoms with Gasteiger partial charge in [-0.05, 0) is 62.2 Å². The lowest BCUT2D eigenvalue weighted by molar-refractivity contribution is -0.168. The Morgan fingerprint density at radius 1 is 0.769 bits per heavy atom. The first kappa shape index (κ1) is 20.2. The Balaban J connectivity index is 1.40. The van der Waals surface area contributed by atoms with Gasteiger partial charge in [-0.1, -0.05) is 71.6 Å². The highest BCUT2D eigenvalue weighted by atomic mass is 16.5. The van der Waals surface area contributed by atoms with Crippen LogP contribution in [0.1, 0.15) is 110 Å². The maximum absolute atomic E-state index is 12.7. The van der Waals surface area contributed by atoms with Crippen LogP contribution in [0.25, 0.3) is 0 Å². The van der Waals surface area contributed by atoms with E-state index in [1.54, 1.807) is 0 Å². The molecule has 0 aromatic heterocycles. The molecule has 1 heterocycles. The van der Waals surface area contributed by atoms with Crippen LogP contribution in [0.15, 0.2) is 0 Å². The molecule has 3 aliphatic rings. The van der Waals surface area contributed by atoms with Crippen molar-refractivity contribution in [3.05, 3.63) is 0 Å². The van der Waals surface area contributed by atoms with E-state index >= 15 is 0 Å². The third-order valence-electron chi connectivity index (χ3n) is 8.00. The summed E-state index contributed by atoms with van der Waals surface area (Å²) in [5, 5.41) is 0. The van der Waals surface area contributed by atoms with Crippen molar-refractivity contribution in [3.8, 4) is 0 Å². The molecule has 0 spiro atoms. The van der Waals surface area contributed by atoms with E-state index < -0.39 is 0 Å². The van der Waals surface area contributed by atoms with Crippen molar-refractivity contribution in [2.24, 2.45) is 29.6 Å². The minimum Gasteiger partial charge on any atom is -0.462 e. The van der Waals surface area contributed by atoms with Crippen molar-refractivity contribution in [2.75, 3.05) is 0 Å². The largest absolute Gasteiger partial charge is 0.462 e. The molecular formula is C24H42O2. The van der Waals surface area contributed by atoms with Gasteiger partial charge in [0.2, 0.25) is 0 Å². The van der Waals surface area contributed by atoms with E-state index in [1.165, 1.54) is 83.5 Å². The molecule has 2 nitrogen and oxygen atoms in total. The molecule has 0 bridgehead atoms. The molecule has 0 aromatic carbocycles. The lowest BCUT2D eigenvalue weighted by Gasteiger charge is -2.40. The first-order chi connectivity index (χ1) is 12.7. The van der Waals surface area contributed by atoms with Crippen molar-refractivity contribution in [2.45, 2.75) is 116 Å². The molecule has 0 amide bonds. The Kier molecular flexibility index (Phi) is 7.88. The maximum atomic E-state index is 12.7. The van der Waals surface area contributed by atoms with Gasteiger partial charge in [0.1, 0.15) is 6.10 Å². The van der Waals surface area contributed by atoms with Gasteiger partial charge < -0.3 is 4.74 Å². The van der Waals surface area contributed by atoms with E-state index in [2.05, 4.69) is 13.8 Å². The van der Waals surface area contributed by atoms with E-state index in [9.17, 15) is 4.79 Å². The van der Waals surface area contributed by atoms with Gasteiger partial charge in [-0.15, -0.1) is 0 Å². The van der Waals surface area contributed by atoms with Crippen molar-refractivity contribution < 1.29 is 9.53 Å². The second-order valence-corrected chi connectivity index (χ2v) is 9.62. The van der Waals surface area contributed by atoms with Crippen molar-refractivity contribution in [1.82, 2.24) is 0 Å². The number of unbranched alkanes of at least 4 members (excludes halogenated alkanes) is 2. The summed E-state index contributed by atoms with van der Waals surface area (Å²) in [6.07, 6.45) is 19.8. The molecule has 150 valence electrons. The fourth-order valence-corrected chi connectivity index (χ4v) is 6.05. The molecule has 0 radical (unpaired) electrons. The van der Waals surface area contributed by atoms with Crippen LogP contribution in [-0.2, 0) is 9.53 Å². The summed E-state index contributed by atoms with van der Waals surface area (Å²) in [5.74, 6) is 3.49. The zero-order valence-electron chi connectivity index (χ0n) is 17.4. The second kappa shape index (κ2) is 10.1. The number of esters is 1. The minimum absolute atomic E-state index is 0.159. The second-order valence-electron chi connectivity index (χ2n) is 9.62. The molecule has 0 N–H and O–H groups in total. The quantitative estimate of drug-likeness (QED) is 0.363. The fourth-order valence-electron chi connectivity index (χ4n) is 6.05. The zero-order chi connectivity index (χ0) is 18.4. The monoisotopic (exact) mass is 362 g/mol. The third-order valence-corrected chi connectivity index (χ3v) is 8.00. The van der Waals surface area contributed by atoms with Crippen LogP contribution in [-0.4, -0.2) is 12.1 Å². The number of carbonyl (C=O) groups excluding carboxylic acids is 1. The number of cyclic esters (lactones) is 1. The molecule has 1 aliphatic heterocycles. The number of ether oxygens (including phenoxy) is 1. The third kappa shape index (κ3) is 5.26. The van der Waals surface area contributed by atoms with E-state index in [4.69, 9.17) is 4.74 Å². The van der Waals surface area contributed by atoms with Crippen molar-refractivity contribution in [1.29, 1.82) is 0 Å². The standard InChI is InChI=1S/C24H42O2/c1-3-5-6-7-19-10-14-21(15-11-19)23-17-16-22(24(25)26-23)20-12-8-18(4-2)9-13-20/h18-23H,3-17H2,1-2H3. The van der Waals surface area contributed by atoms with Crippen molar-refractivity contribution in [3.63, 3.8) is 0 Å². The van der Waals surface area contributed by atoms with Gasteiger partial charge in [0, 0.05) is 0 Å². The molecule has 2 unspecified atom stereocenters. The summed E-state index contributed by atoms with van der Waals surface area (Å²) in [5.41, 5.74) is 0. The average molecular weight is 363 g/mol. The molecule has 1 saturated heterocycles. The van der Waals surface area contributed by atoms with Crippen LogP contribution in [0.3, 0.4) is 0 Å². The molecule has 2 saturated carbocycles. The van der Waals surface area contributed by atoms with Crippen molar-refractivity contribution >= 4 is 5.97 Å². The molecule has 2 heteroatoms. The Morgan fingerprint density at radius 3 is 2.04 bits per heavy atom. The highest BCUT2D eigenvalue weighted by molar-refractivity contribution is 5.73. The van der Waals surface area contributed by atoms with Crippen LogP contribution in [0.2, 0.25) is 0 Å². The van der Waals surface area contributed by atoms with Crippen LogP contribution < -0.4 is 0 Å². The van der Waals surface area contributed by atoms with E-state index in [0.717, 1.165) is 24.7 Å². The normalized spacial score (nSPS) is 38.8. The lowest BCUT2D eigenvalue weighted by atomic mass is 9.71. The van der Waals surface area contributed by atoms with Gasteiger partial charge >= 0.3 is 5.97 Å². The van der Waals surface area contributed by atoms with E-state index in [1.807, 2.05) is 0 Å². The summed E-state index contributed by atoms with van der Waals surface area (Å²) in [6, 6.07) is 0. The smallest absolute Gasteiger partial charge is 0.309 e. The van der Waals surface area contributed by atoms with Gasteiger partial charge in [-0.2, -0.15) is 0 Å². The maximum Gasteiger partial charge on any atom is 0.309 e. The Labute approximate surface area is 161 Å². The lowest BCUT2D eigenvalue weighted by Crippen LogP contribution is -2.40. The molecule has 3 rings (SSSR count). The molecular weight excluding hydrogens is 320 g/mol. The van der Waals surface area contributed by atoms with Gasteiger partial charge in [0.05, 0.1) is 5.92 Å². The Bertz CT molecular complexity index is 416. The topological polar surface area (TPSA) is 26.3 Å². The average Bonchev–Trinajstić information content (AvgIpc) is 2.69. The number of hydrogen-bond donors (Lipinski definition) is 0. The minimum atomic E-state index is 0.159. The molecule has 3 fully saturated rings. The predicted octanol–water partition coefficient (Wildman–Crippen LogP) is 6.91. The SMILES string of the molecule is CCCCCC1CCC(C2CCC(C3CCC(CC)CC3)C(=O)O2)CC1. The molecule has 0 aromatic rings. The molecule has 26 heavy (non-hydrogen) atoms. The fraction of sp³-hybridized carbons (Fsp3) is 0.958. The first-order valence-corrected chi connectivity index (χ1v) is 11.9. The summed E-state index contributed by atoms with van der Waals surface area (Å²) in [6.45, 7) is 4.60. The van der Waals surface area contributed by atoms with Crippen LogP contribution in [0.5, 0.6) is 0 Å². The van der Waals surface area contributed by atoms with E-state index in [-0.39, 0.29) is 18.0 Å². The molecule has 2 aliphatic carbocycles. The summed E-state index contributed by atoms with van der Waals surface area (Å²) in [4.78, 5) is 12.7. The predicted molar refractivity (Wildman–Crippen MR) is 108 cm³/mol. The van der Waals surface area contributed by atoms with Crippen LogP contribution in [0, 0.1) is 29.6 Å². The Hall–Kier alpha value is -0.530. The zero-order valence-corrected chi connectivity index (χ0v) is 17.4. The first-order valence-electron chi connectivity index (χ1n) is 11.9. The highest BCUT2D eigenvalue weighted by Crippen LogP contribution is 2.42. The van der Waals surface area contributed by atoms with Gasteiger partial charge in [-0.25, -0.2) is 0 Å². The number of hydrogen-bond acceptors (Lipinski definition) is 2. The highest BCUT2D eigenvalue weighted by Gasteiger charge is 2.40. The summed E-state index contributed by atoms with van der Waals surface area (Å²) in [7, 11) is 0. The molecule has 2 atom stereocenters. The van der Waals surface area contributed by atoms with Crippen LogP contribution >= 0.6 is 0 Å². The van der Waals surface area contributed by atoms with Gasteiger partial charge in [-0.3, -0.25) is 4.79 Å². The van der Waals surface area contributed by atoms with Gasteiger partial charge in [0.25, 0.3) is 0 Å². The number of carbonyl (C=O) groups is 1. The summed E-state index contributed by atoms with van der Waals surface area (Å²) >= 11 is 0. The van der Waals surface area contributed by atoms with Gasteiger partial charge in [0.15, 0.2) is 0 Å². The van der Waals surface area contributed by atoms with Crippen LogP contribution in [0.4, 0.5) is 0 Å².